The van der Waals surface area contributed by atoms with Gasteiger partial charge in [0.05, 0.1) is 5.75 Å². The molecule has 0 bridgehead atoms. The molecule has 0 saturated carbocycles. The lowest BCUT2D eigenvalue weighted by atomic mass is 10.2. The van der Waals surface area contributed by atoms with Gasteiger partial charge < -0.3 is 15.5 Å². The minimum atomic E-state index is -0.0208. The van der Waals surface area contributed by atoms with E-state index in [1.807, 2.05) is 43.3 Å². The van der Waals surface area contributed by atoms with Gasteiger partial charge in [0.1, 0.15) is 0 Å². The van der Waals surface area contributed by atoms with Gasteiger partial charge in [-0.15, -0.1) is 16.8 Å². The second-order valence-corrected chi connectivity index (χ2v) is 7.37. The first-order valence-electron chi connectivity index (χ1n) is 7.42. The van der Waals surface area contributed by atoms with Gasteiger partial charge in [0.15, 0.2) is 4.34 Å². The summed E-state index contributed by atoms with van der Waals surface area (Å²) in [5.41, 5.74) is 2.21. The summed E-state index contributed by atoms with van der Waals surface area (Å²) in [6.45, 7) is 4.80. The highest BCUT2D eigenvalue weighted by Gasteiger charge is 2.08. The topological polar surface area (TPSA) is 70.1 Å². The third-order valence-corrected chi connectivity index (χ3v) is 5.09. The summed E-state index contributed by atoms with van der Waals surface area (Å²) in [5, 5.41) is 14.8. The zero-order chi connectivity index (χ0) is 17.4. The summed E-state index contributed by atoms with van der Waals surface area (Å²) in [7, 11) is 4.00. The van der Waals surface area contributed by atoms with E-state index >= 15 is 0 Å². The molecule has 2 rings (SSSR count). The van der Waals surface area contributed by atoms with Crippen molar-refractivity contribution in [1.29, 1.82) is 0 Å². The van der Waals surface area contributed by atoms with Crippen molar-refractivity contribution in [2.45, 2.75) is 10.9 Å². The van der Waals surface area contributed by atoms with Gasteiger partial charge in [0, 0.05) is 32.9 Å². The lowest BCUT2D eigenvalue weighted by Crippen LogP contribution is -2.24. The molecule has 0 unspecified atom stereocenters. The third-order valence-electron chi connectivity index (χ3n) is 3.07. The quantitative estimate of drug-likeness (QED) is 0.527. The number of amides is 1. The lowest BCUT2D eigenvalue weighted by Gasteiger charge is -2.12. The van der Waals surface area contributed by atoms with Crippen LogP contribution < -0.4 is 15.5 Å². The van der Waals surface area contributed by atoms with E-state index in [0.29, 0.717) is 18.8 Å². The molecule has 1 aromatic heterocycles. The van der Waals surface area contributed by atoms with Gasteiger partial charge in [-0.3, -0.25) is 4.79 Å². The van der Waals surface area contributed by atoms with Gasteiger partial charge >= 0.3 is 0 Å². The van der Waals surface area contributed by atoms with Crippen LogP contribution in [0, 0.1) is 0 Å². The molecule has 1 heterocycles. The van der Waals surface area contributed by atoms with Crippen molar-refractivity contribution in [3.05, 3.63) is 42.5 Å². The molecule has 0 aliphatic rings. The van der Waals surface area contributed by atoms with Gasteiger partial charge in [0.25, 0.3) is 0 Å². The molecule has 6 nitrogen and oxygen atoms in total. The van der Waals surface area contributed by atoms with E-state index in [0.717, 1.165) is 20.7 Å². The summed E-state index contributed by atoms with van der Waals surface area (Å²) in [6, 6.07) is 8.11. The van der Waals surface area contributed by atoms with Crippen LogP contribution >= 0.6 is 23.1 Å². The van der Waals surface area contributed by atoms with E-state index in [2.05, 4.69) is 27.4 Å². The normalized spacial score (nSPS) is 10.2. The second-order valence-electron chi connectivity index (χ2n) is 5.17. The highest BCUT2D eigenvalue weighted by molar-refractivity contribution is 8.01. The number of benzene rings is 1. The van der Waals surface area contributed by atoms with E-state index < -0.39 is 0 Å². The standard InChI is InChI=1S/C16H21N5OS2/c1-4-9-17-15-19-20-16(24-15)23-11-14(22)18-10-12-5-7-13(8-6-12)21(2)3/h4-8H,1,9-11H2,2-3H3,(H,17,19)(H,18,22). The first kappa shape index (κ1) is 18.3. The average molecular weight is 364 g/mol. The molecular weight excluding hydrogens is 342 g/mol. The number of rotatable bonds is 9. The van der Waals surface area contributed by atoms with Crippen molar-refractivity contribution in [3.63, 3.8) is 0 Å². The van der Waals surface area contributed by atoms with Crippen LogP contribution in [0.15, 0.2) is 41.3 Å². The SMILES string of the molecule is C=CCNc1nnc(SCC(=O)NCc2ccc(N(C)C)cc2)s1. The molecule has 1 aromatic carbocycles. The van der Waals surface area contributed by atoms with Gasteiger partial charge in [0.2, 0.25) is 11.0 Å². The Kier molecular flexibility index (Phi) is 7.07. The molecule has 0 aliphatic heterocycles. The van der Waals surface area contributed by atoms with Gasteiger partial charge in [-0.2, -0.15) is 0 Å². The molecule has 2 N–H and O–H groups in total. The van der Waals surface area contributed by atoms with E-state index in [1.54, 1.807) is 6.08 Å². The Morgan fingerprint density at radius 1 is 1.33 bits per heavy atom. The monoisotopic (exact) mass is 363 g/mol. The van der Waals surface area contributed by atoms with Crippen LogP contribution in [0.3, 0.4) is 0 Å². The summed E-state index contributed by atoms with van der Waals surface area (Å²) in [5.74, 6) is 0.304. The Labute approximate surface area is 150 Å². The molecule has 0 radical (unpaired) electrons. The predicted molar refractivity (Wildman–Crippen MR) is 102 cm³/mol. The number of aromatic nitrogens is 2. The summed E-state index contributed by atoms with van der Waals surface area (Å²) in [6.07, 6.45) is 1.76. The molecule has 0 atom stereocenters. The van der Waals surface area contributed by atoms with Gasteiger partial charge in [-0.1, -0.05) is 41.3 Å². The molecule has 0 aliphatic carbocycles. The Morgan fingerprint density at radius 2 is 2.08 bits per heavy atom. The van der Waals surface area contributed by atoms with E-state index in [-0.39, 0.29) is 5.91 Å². The number of carbonyl (C=O) groups is 1. The first-order valence-corrected chi connectivity index (χ1v) is 9.22. The highest BCUT2D eigenvalue weighted by Crippen LogP contribution is 2.25. The Balaban J connectivity index is 1.73. The van der Waals surface area contributed by atoms with Crippen molar-refractivity contribution >= 4 is 39.8 Å². The fourth-order valence-electron chi connectivity index (χ4n) is 1.79. The van der Waals surface area contributed by atoms with E-state index in [9.17, 15) is 4.79 Å². The largest absolute Gasteiger partial charge is 0.378 e. The third kappa shape index (κ3) is 5.86. The number of anilines is 2. The van der Waals surface area contributed by atoms with Crippen LogP contribution in [0.5, 0.6) is 0 Å². The fraction of sp³-hybridized carbons (Fsp3) is 0.312. The van der Waals surface area contributed by atoms with Crippen LogP contribution in [0.2, 0.25) is 0 Å². The second kappa shape index (κ2) is 9.29. The number of nitrogens with one attached hydrogen (secondary N) is 2. The summed E-state index contributed by atoms with van der Waals surface area (Å²) >= 11 is 2.82. The molecule has 0 spiro atoms. The van der Waals surface area contributed by atoms with E-state index in [1.165, 1.54) is 23.1 Å². The molecule has 24 heavy (non-hydrogen) atoms. The predicted octanol–water partition coefficient (Wildman–Crippen LogP) is 2.61. The maximum absolute atomic E-state index is 11.9. The molecule has 2 aromatic rings. The summed E-state index contributed by atoms with van der Waals surface area (Å²) in [4.78, 5) is 14.0. The zero-order valence-electron chi connectivity index (χ0n) is 13.8. The molecule has 0 saturated heterocycles. The maximum atomic E-state index is 11.9. The van der Waals surface area contributed by atoms with Crippen molar-refractivity contribution in [2.24, 2.45) is 0 Å². The summed E-state index contributed by atoms with van der Waals surface area (Å²) < 4.78 is 0.770. The molecular formula is C16H21N5OS2. The van der Waals surface area contributed by atoms with Crippen LogP contribution in [-0.2, 0) is 11.3 Å². The van der Waals surface area contributed by atoms with Crippen LogP contribution in [0.1, 0.15) is 5.56 Å². The first-order chi connectivity index (χ1) is 11.6. The molecule has 8 heteroatoms. The lowest BCUT2D eigenvalue weighted by molar-refractivity contribution is -0.118. The van der Waals surface area contributed by atoms with Crippen molar-refractivity contribution in [2.75, 3.05) is 36.6 Å². The number of hydrogen-bond acceptors (Lipinski definition) is 7. The Hall–Kier alpha value is -2.06. The minimum absolute atomic E-state index is 0.0208. The Bertz CT molecular complexity index is 669. The maximum Gasteiger partial charge on any atom is 0.230 e. The molecule has 1 amide bonds. The molecule has 128 valence electrons. The number of nitrogens with zero attached hydrogens (tertiary/aromatic N) is 3. The van der Waals surface area contributed by atoms with Gasteiger partial charge in [-0.05, 0) is 17.7 Å². The average Bonchev–Trinajstić information content (AvgIpc) is 3.04. The number of hydrogen-bond donors (Lipinski definition) is 2. The van der Waals surface area contributed by atoms with E-state index in [4.69, 9.17) is 0 Å². The Morgan fingerprint density at radius 3 is 2.75 bits per heavy atom. The molecule has 0 fully saturated rings. The number of carbonyl (C=O) groups excluding carboxylic acids is 1. The zero-order valence-corrected chi connectivity index (χ0v) is 15.4. The fourth-order valence-corrected chi connectivity index (χ4v) is 3.38. The number of thioether (sulfide) groups is 1. The van der Waals surface area contributed by atoms with Crippen LogP contribution in [-0.4, -0.2) is 42.5 Å². The van der Waals surface area contributed by atoms with Gasteiger partial charge in [-0.25, -0.2) is 0 Å². The van der Waals surface area contributed by atoms with Crippen LogP contribution in [0.4, 0.5) is 10.8 Å². The van der Waals surface area contributed by atoms with Crippen LogP contribution in [0.25, 0.3) is 0 Å². The minimum Gasteiger partial charge on any atom is -0.378 e. The smallest absolute Gasteiger partial charge is 0.230 e. The van der Waals surface area contributed by atoms with Crippen molar-refractivity contribution in [1.82, 2.24) is 15.5 Å². The van der Waals surface area contributed by atoms with Crippen molar-refractivity contribution in [3.8, 4) is 0 Å². The van der Waals surface area contributed by atoms with Crippen molar-refractivity contribution < 1.29 is 4.79 Å². The highest BCUT2D eigenvalue weighted by atomic mass is 32.2.